The third-order valence-electron chi connectivity index (χ3n) is 2.75. The minimum atomic E-state index is -0.389. The van der Waals surface area contributed by atoms with Crippen molar-refractivity contribution >= 4 is 5.69 Å². The number of hydrogen-bond acceptors (Lipinski definition) is 4. The average molecular weight is 272 g/mol. The summed E-state index contributed by atoms with van der Waals surface area (Å²) in [6.07, 6.45) is 0. The molecule has 0 amide bonds. The van der Waals surface area contributed by atoms with E-state index in [0.717, 1.165) is 0 Å². The van der Waals surface area contributed by atoms with Crippen LogP contribution < -0.4 is 15.2 Å². The van der Waals surface area contributed by atoms with E-state index in [4.69, 9.17) is 20.5 Å². The molecule has 0 saturated carbocycles. The van der Waals surface area contributed by atoms with Gasteiger partial charge in [-0.3, -0.25) is 0 Å². The van der Waals surface area contributed by atoms with Crippen LogP contribution >= 0.6 is 0 Å². The molecule has 0 heterocycles. The number of nitriles is 1. The highest BCUT2D eigenvalue weighted by Crippen LogP contribution is 2.24. The second-order valence-corrected chi connectivity index (χ2v) is 4.14. The topological polar surface area (TPSA) is 68.3 Å². The van der Waals surface area contributed by atoms with Gasteiger partial charge in [-0.15, -0.1) is 0 Å². The molecule has 2 N–H and O–H groups in total. The van der Waals surface area contributed by atoms with Gasteiger partial charge in [0.05, 0.1) is 18.7 Å². The van der Waals surface area contributed by atoms with E-state index in [1.165, 1.54) is 19.2 Å². The SMILES string of the molecule is COc1cc(C#N)cc(OCc2ccc(F)cc2N)c1. The van der Waals surface area contributed by atoms with E-state index < -0.39 is 0 Å². The van der Waals surface area contributed by atoms with Crippen LogP contribution in [0, 0.1) is 17.1 Å². The first-order valence-corrected chi connectivity index (χ1v) is 5.88. The number of nitrogens with zero attached hydrogens (tertiary/aromatic N) is 1. The Hall–Kier alpha value is -2.74. The molecule has 0 spiro atoms. The number of anilines is 1. The lowest BCUT2D eigenvalue weighted by Gasteiger charge is -2.10. The summed E-state index contributed by atoms with van der Waals surface area (Å²) < 4.78 is 23.6. The van der Waals surface area contributed by atoms with Crippen LogP contribution in [0.25, 0.3) is 0 Å². The maximum atomic E-state index is 12.9. The Bertz CT molecular complexity index is 665. The van der Waals surface area contributed by atoms with E-state index in [1.54, 1.807) is 24.3 Å². The van der Waals surface area contributed by atoms with Crippen molar-refractivity contribution in [3.63, 3.8) is 0 Å². The molecule has 2 aromatic rings. The van der Waals surface area contributed by atoms with Gasteiger partial charge in [0, 0.05) is 17.3 Å². The number of benzene rings is 2. The van der Waals surface area contributed by atoms with E-state index in [0.29, 0.717) is 28.3 Å². The molecule has 0 bridgehead atoms. The Kier molecular flexibility index (Phi) is 4.06. The molecule has 20 heavy (non-hydrogen) atoms. The predicted molar refractivity (Wildman–Crippen MR) is 72.9 cm³/mol. The van der Waals surface area contributed by atoms with E-state index in [2.05, 4.69) is 0 Å². The molecular weight excluding hydrogens is 259 g/mol. The number of nitrogen functional groups attached to an aromatic ring is 1. The maximum Gasteiger partial charge on any atom is 0.125 e. The second-order valence-electron chi connectivity index (χ2n) is 4.14. The average Bonchev–Trinajstić information content (AvgIpc) is 2.46. The molecule has 0 aliphatic rings. The van der Waals surface area contributed by atoms with Crippen molar-refractivity contribution in [2.24, 2.45) is 0 Å². The summed E-state index contributed by atoms with van der Waals surface area (Å²) in [6, 6.07) is 11.0. The van der Waals surface area contributed by atoms with Gasteiger partial charge in [0.15, 0.2) is 0 Å². The predicted octanol–water partition coefficient (Wildman–Crippen LogP) is 2.87. The van der Waals surface area contributed by atoms with Gasteiger partial charge in [0.1, 0.15) is 23.9 Å². The van der Waals surface area contributed by atoms with E-state index in [-0.39, 0.29) is 12.4 Å². The van der Waals surface area contributed by atoms with Crippen LogP contribution in [0.2, 0.25) is 0 Å². The molecule has 0 radical (unpaired) electrons. The van der Waals surface area contributed by atoms with Crippen molar-refractivity contribution in [3.05, 3.63) is 53.3 Å². The van der Waals surface area contributed by atoms with Crippen LogP contribution in [0.5, 0.6) is 11.5 Å². The van der Waals surface area contributed by atoms with Gasteiger partial charge < -0.3 is 15.2 Å². The zero-order valence-corrected chi connectivity index (χ0v) is 10.9. The van der Waals surface area contributed by atoms with E-state index in [1.807, 2.05) is 6.07 Å². The largest absolute Gasteiger partial charge is 0.497 e. The summed E-state index contributed by atoms with van der Waals surface area (Å²) in [5.41, 5.74) is 7.14. The quantitative estimate of drug-likeness (QED) is 0.869. The first-order valence-electron chi connectivity index (χ1n) is 5.88. The van der Waals surface area contributed by atoms with E-state index in [9.17, 15) is 4.39 Å². The highest BCUT2D eigenvalue weighted by Gasteiger charge is 2.05. The molecule has 4 nitrogen and oxygen atoms in total. The molecule has 0 atom stereocenters. The molecule has 0 aromatic heterocycles. The second kappa shape index (κ2) is 5.93. The van der Waals surface area contributed by atoms with Crippen molar-refractivity contribution in [3.8, 4) is 17.6 Å². The van der Waals surface area contributed by atoms with Crippen molar-refractivity contribution in [2.45, 2.75) is 6.61 Å². The van der Waals surface area contributed by atoms with Crippen molar-refractivity contribution < 1.29 is 13.9 Å². The van der Waals surface area contributed by atoms with Crippen LogP contribution in [-0.4, -0.2) is 7.11 Å². The fourth-order valence-electron chi connectivity index (χ4n) is 1.70. The lowest BCUT2D eigenvalue weighted by molar-refractivity contribution is 0.304. The Morgan fingerprint density at radius 1 is 1.20 bits per heavy atom. The third kappa shape index (κ3) is 3.18. The van der Waals surface area contributed by atoms with Crippen LogP contribution in [-0.2, 0) is 6.61 Å². The lowest BCUT2D eigenvalue weighted by Crippen LogP contribution is -2.01. The van der Waals surface area contributed by atoms with Crippen LogP contribution in [0.15, 0.2) is 36.4 Å². The summed E-state index contributed by atoms with van der Waals surface area (Å²) in [7, 11) is 1.51. The summed E-state index contributed by atoms with van der Waals surface area (Å²) in [5, 5.41) is 8.92. The van der Waals surface area contributed by atoms with Crippen molar-refractivity contribution in [2.75, 3.05) is 12.8 Å². The van der Waals surface area contributed by atoms with Gasteiger partial charge in [0.2, 0.25) is 0 Å². The minimum Gasteiger partial charge on any atom is -0.497 e. The van der Waals surface area contributed by atoms with E-state index >= 15 is 0 Å². The fourth-order valence-corrected chi connectivity index (χ4v) is 1.70. The molecule has 0 saturated heterocycles. The Morgan fingerprint density at radius 3 is 2.60 bits per heavy atom. The normalized spacial score (nSPS) is 9.85. The highest BCUT2D eigenvalue weighted by atomic mass is 19.1. The molecule has 5 heteroatoms. The zero-order chi connectivity index (χ0) is 14.5. The number of hydrogen-bond donors (Lipinski definition) is 1. The number of rotatable bonds is 4. The number of ether oxygens (including phenoxy) is 2. The van der Waals surface area contributed by atoms with Crippen LogP contribution in [0.4, 0.5) is 10.1 Å². The monoisotopic (exact) mass is 272 g/mol. The molecule has 0 aliphatic carbocycles. The molecule has 0 unspecified atom stereocenters. The van der Waals surface area contributed by atoms with Gasteiger partial charge in [-0.2, -0.15) is 5.26 Å². The standard InChI is InChI=1S/C15H13FN2O2/c1-19-13-4-10(8-17)5-14(7-13)20-9-11-2-3-12(16)6-15(11)18/h2-7H,9,18H2,1H3. The van der Waals surface area contributed by atoms with Crippen LogP contribution in [0.1, 0.15) is 11.1 Å². The summed E-state index contributed by atoms with van der Waals surface area (Å²) in [6.45, 7) is 0.185. The zero-order valence-electron chi connectivity index (χ0n) is 10.9. The molecule has 2 rings (SSSR count). The minimum absolute atomic E-state index is 0.185. The Morgan fingerprint density at radius 2 is 1.95 bits per heavy atom. The first kappa shape index (κ1) is 13.7. The van der Waals surface area contributed by atoms with Gasteiger partial charge >= 0.3 is 0 Å². The fraction of sp³-hybridized carbons (Fsp3) is 0.133. The smallest absolute Gasteiger partial charge is 0.125 e. The molecule has 2 aromatic carbocycles. The number of nitrogens with two attached hydrogens (primary N) is 1. The maximum absolute atomic E-state index is 12.9. The van der Waals surface area contributed by atoms with Crippen LogP contribution in [0.3, 0.4) is 0 Å². The number of halogens is 1. The summed E-state index contributed by atoms with van der Waals surface area (Å²) in [4.78, 5) is 0. The molecular formula is C15H13FN2O2. The number of methoxy groups -OCH3 is 1. The Labute approximate surface area is 116 Å². The summed E-state index contributed by atoms with van der Waals surface area (Å²) in [5.74, 6) is 0.634. The van der Waals surface area contributed by atoms with Gasteiger partial charge in [0.25, 0.3) is 0 Å². The Balaban J connectivity index is 2.16. The molecule has 0 aliphatic heterocycles. The first-order chi connectivity index (χ1) is 9.62. The van der Waals surface area contributed by atoms with Crippen molar-refractivity contribution in [1.82, 2.24) is 0 Å². The third-order valence-corrected chi connectivity index (χ3v) is 2.75. The molecule has 102 valence electrons. The lowest BCUT2D eigenvalue weighted by atomic mass is 10.2. The van der Waals surface area contributed by atoms with Gasteiger partial charge in [-0.1, -0.05) is 6.07 Å². The van der Waals surface area contributed by atoms with Gasteiger partial charge in [-0.25, -0.2) is 4.39 Å². The molecule has 0 fully saturated rings. The summed E-state index contributed by atoms with van der Waals surface area (Å²) >= 11 is 0. The van der Waals surface area contributed by atoms with Crippen molar-refractivity contribution in [1.29, 1.82) is 5.26 Å². The highest BCUT2D eigenvalue weighted by molar-refractivity contribution is 5.47. The van der Waals surface area contributed by atoms with Gasteiger partial charge in [-0.05, 0) is 24.3 Å².